The Hall–Kier alpha value is -0.790. The van der Waals surface area contributed by atoms with Crippen LogP contribution in [0.25, 0.3) is 0 Å². The van der Waals surface area contributed by atoms with Crippen molar-refractivity contribution in [1.29, 1.82) is 0 Å². The van der Waals surface area contributed by atoms with E-state index in [4.69, 9.17) is 4.74 Å². The maximum Gasteiger partial charge on any atom is 0.306 e. The fraction of sp³-hybridized carbons (Fsp3) is 0.750. The Morgan fingerprint density at radius 2 is 2.29 bits per heavy atom. The predicted octanol–water partition coefficient (Wildman–Crippen LogP) is 3.22. The molecule has 0 aromatic rings. The molecule has 1 aliphatic heterocycles. The SMILES string of the molecule is CCCCCC/C=C\[C@H]1CCC(=O)O1. The number of hydrogen-bond donors (Lipinski definition) is 0. The van der Waals surface area contributed by atoms with E-state index in [2.05, 4.69) is 13.0 Å². The second-order valence-electron chi connectivity index (χ2n) is 3.84. The highest BCUT2D eigenvalue weighted by Gasteiger charge is 2.19. The van der Waals surface area contributed by atoms with E-state index in [1.54, 1.807) is 0 Å². The summed E-state index contributed by atoms with van der Waals surface area (Å²) in [5.41, 5.74) is 0. The molecule has 0 aromatic heterocycles. The third-order valence-electron chi connectivity index (χ3n) is 2.49. The maximum atomic E-state index is 10.8. The minimum atomic E-state index is -0.0503. The molecule has 80 valence electrons. The lowest BCUT2D eigenvalue weighted by Gasteiger charge is -2.01. The molecule has 0 N–H and O–H groups in total. The molecule has 1 atom stereocenters. The molecule has 0 saturated carbocycles. The fourth-order valence-electron chi connectivity index (χ4n) is 1.62. The van der Waals surface area contributed by atoms with Gasteiger partial charge in [-0.1, -0.05) is 32.3 Å². The van der Waals surface area contributed by atoms with Gasteiger partial charge in [-0.25, -0.2) is 0 Å². The van der Waals surface area contributed by atoms with Crippen LogP contribution in [-0.4, -0.2) is 12.1 Å². The van der Waals surface area contributed by atoms with Gasteiger partial charge in [-0.2, -0.15) is 0 Å². The summed E-state index contributed by atoms with van der Waals surface area (Å²) < 4.78 is 5.06. The van der Waals surface area contributed by atoms with E-state index in [0.29, 0.717) is 6.42 Å². The molecule has 2 heteroatoms. The van der Waals surface area contributed by atoms with Crippen molar-refractivity contribution < 1.29 is 9.53 Å². The molecule has 0 amide bonds. The zero-order valence-electron chi connectivity index (χ0n) is 9.00. The summed E-state index contributed by atoms with van der Waals surface area (Å²) in [4.78, 5) is 10.8. The van der Waals surface area contributed by atoms with Crippen LogP contribution < -0.4 is 0 Å². The molecule has 0 unspecified atom stereocenters. The van der Waals surface area contributed by atoms with Crippen molar-refractivity contribution in [3.05, 3.63) is 12.2 Å². The van der Waals surface area contributed by atoms with Gasteiger partial charge in [0.15, 0.2) is 0 Å². The Kier molecular flexibility index (Phi) is 5.35. The summed E-state index contributed by atoms with van der Waals surface area (Å²) in [5.74, 6) is -0.0503. The number of unbranched alkanes of at least 4 members (excludes halogenated alkanes) is 4. The van der Waals surface area contributed by atoms with Gasteiger partial charge < -0.3 is 4.74 Å². The van der Waals surface area contributed by atoms with Crippen molar-refractivity contribution >= 4 is 5.97 Å². The van der Waals surface area contributed by atoms with Crippen molar-refractivity contribution in [1.82, 2.24) is 0 Å². The molecule has 14 heavy (non-hydrogen) atoms. The molecule has 0 aliphatic carbocycles. The minimum absolute atomic E-state index is 0.0503. The summed E-state index contributed by atoms with van der Waals surface area (Å²) in [7, 11) is 0. The van der Waals surface area contributed by atoms with Crippen LogP contribution in [0.5, 0.6) is 0 Å². The van der Waals surface area contributed by atoms with Crippen LogP contribution in [0.1, 0.15) is 51.9 Å². The van der Waals surface area contributed by atoms with Crippen LogP contribution in [0.2, 0.25) is 0 Å². The van der Waals surface area contributed by atoms with Gasteiger partial charge in [-0.05, 0) is 25.3 Å². The molecule has 0 radical (unpaired) electrons. The standard InChI is InChI=1S/C12H20O2/c1-2-3-4-5-6-7-8-11-9-10-12(13)14-11/h7-8,11H,2-6,9-10H2,1H3/b8-7-/t11-/m0/s1. The maximum absolute atomic E-state index is 10.8. The van der Waals surface area contributed by atoms with Crippen molar-refractivity contribution in [2.24, 2.45) is 0 Å². The van der Waals surface area contributed by atoms with E-state index in [9.17, 15) is 4.79 Å². The Bertz CT molecular complexity index is 196. The molecular formula is C12H20O2. The lowest BCUT2D eigenvalue weighted by molar-refractivity contribution is -0.139. The van der Waals surface area contributed by atoms with Gasteiger partial charge in [-0.15, -0.1) is 0 Å². The van der Waals surface area contributed by atoms with Gasteiger partial charge in [-0.3, -0.25) is 4.79 Å². The molecular weight excluding hydrogens is 176 g/mol. The monoisotopic (exact) mass is 196 g/mol. The van der Waals surface area contributed by atoms with Crippen molar-refractivity contribution in [3.8, 4) is 0 Å². The van der Waals surface area contributed by atoms with Gasteiger partial charge >= 0.3 is 5.97 Å². The molecule has 0 spiro atoms. The fourth-order valence-corrected chi connectivity index (χ4v) is 1.62. The number of rotatable bonds is 6. The number of cyclic esters (lactones) is 1. The molecule has 1 heterocycles. The number of hydrogen-bond acceptors (Lipinski definition) is 2. The summed E-state index contributed by atoms with van der Waals surface area (Å²) in [5, 5.41) is 0. The largest absolute Gasteiger partial charge is 0.458 e. The van der Waals surface area contributed by atoms with Crippen LogP contribution in [-0.2, 0) is 9.53 Å². The Morgan fingerprint density at radius 3 is 2.93 bits per heavy atom. The van der Waals surface area contributed by atoms with Crippen LogP contribution in [0.3, 0.4) is 0 Å². The Labute approximate surface area is 86.3 Å². The average Bonchev–Trinajstić information content (AvgIpc) is 2.58. The number of carbonyl (C=O) groups is 1. The van der Waals surface area contributed by atoms with Gasteiger partial charge in [0, 0.05) is 6.42 Å². The van der Waals surface area contributed by atoms with E-state index in [0.717, 1.165) is 12.8 Å². The first-order chi connectivity index (χ1) is 6.83. The second-order valence-corrected chi connectivity index (χ2v) is 3.84. The molecule has 1 rings (SSSR count). The molecule has 1 aliphatic rings. The molecule has 2 nitrogen and oxygen atoms in total. The first-order valence-electron chi connectivity index (χ1n) is 5.69. The summed E-state index contributed by atoms with van der Waals surface area (Å²) in [6.07, 6.45) is 12.0. The quantitative estimate of drug-likeness (QED) is 0.370. The average molecular weight is 196 g/mol. The summed E-state index contributed by atoms with van der Waals surface area (Å²) >= 11 is 0. The highest BCUT2D eigenvalue weighted by molar-refractivity contribution is 5.71. The topological polar surface area (TPSA) is 26.3 Å². The van der Waals surface area contributed by atoms with Crippen LogP contribution in [0, 0.1) is 0 Å². The lowest BCUT2D eigenvalue weighted by atomic mass is 10.1. The second kappa shape index (κ2) is 6.63. The molecule has 0 bridgehead atoms. The van der Waals surface area contributed by atoms with Crippen LogP contribution >= 0.6 is 0 Å². The van der Waals surface area contributed by atoms with Crippen LogP contribution in [0.4, 0.5) is 0 Å². The number of carbonyl (C=O) groups excluding carboxylic acids is 1. The molecule has 1 fully saturated rings. The van der Waals surface area contributed by atoms with Crippen molar-refractivity contribution in [2.45, 2.75) is 58.0 Å². The van der Waals surface area contributed by atoms with Gasteiger partial charge in [0.1, 0.15) is 6.10 Å². The van der Waals surface area contributed by atoms with E-state index < -0.39 is 0 Å². The summed E-state index contributed by atoms with van der Waals surface area (Å²) in [6, 6.07) is 0. The van der Waals surface area contributed by atoms with Crippen molar-refractivity contribution in [2.75, 3.05) is 0 Å². The van der Waals surface area contributed by atoms with Gasteiger partial charge in [0.25, 0.3) is 0 Å². The third-order valence-corrected chi connectivity index (χ3v) is 2.49. The van der Waals surface area contributed by atoms with E-state index in [-0.39, 0.29) is 12.1 Å². The first-order valence-corrected chi connectivity index (χ1v) is 5.69. The minimum Gasteiger partial charge on any atom is -0.458 e. The van der Waals surface area contributed by atoms with Gasteiger partial charge in [0.05, 0.1) is 0 Å². The number of ether oxygens (including phenoxy) is 1. The lowest BCUT2D eigenvalue weighted by Crippen LogP contribution is -2.01. The molecule has 0 aromatic carbocycles. The van der Waals surface area contributed by atoms with Crippen LogP contribution in [0.15, 0.2) is 12.2 Å². The third kappa shape index (κ3) is 4.45. The van der Waals surface area contributed by atoms with Gasteiger partial charge in [0.2, 0.25) is 0 Å². The Morgan fingerprint density at radius 1 is 1.43 bits per heavy atom. The van der Waals surface area contributed by atoms with E-state index >= 15 is 0 Å². The molecule has 1 saturated heterocycles. The normalized spacial score (nSPS) is 21.8. The summed E-state index contributed by atoms with van der Waals surface area (Å²) in [6.45, 7) is 2.22. The predicted molar refractivity (Wildman–Crippen MR) is 57.0 cm³/mol. The number of allylic oxidation sites excluding steroid dienone is 1. The van der Waals surface area contributed by atoms with E-state index in [1.807, 2.05) is 6.08 Å². The highest BCUT2D eigenvalue weighted by Crippen LogP contribution is 2.15. The first kappa shape index (κ1) is 11.3. The Balaban J connectivity index is 2.00. The van der Waals surface area contributed by atoms with Crippen molar-refractivity contribution in [3.63, 3.8) is 0 Å². The van der Waals surface area contributed by atoms with E-state index in [1.165, 1.54) is 25.7 Å². The zero-order valence-corrected chi connectivity index (χ0v) is 9.00. The smallest absolute Gasteiger partial charge is 0.306 e. The zero-order chi connectivity index (χ0) is 10.2. The number of esters is 1. The highest BCUT2D eigenvalue weighted by atomic mass is 16.5.